The number of ether oxygens (including phenoxy) is 1. The molecule has 0 radical (unpaired) electrons. The van der Waals surface area contributed by atoms with Gasteiger partial charge in [-0.05, 0) is 64.5 Å². The summed E-state index contributed by atoms with van der Waals surface area (Å²) in [7, 11) is 0. The summed E-state index contributed by atoms with van der Waals surface area (Å²) < 4.78 is 7.72. The van der Waals surface area contributed by atoms with Gasteiger partial charge in [-0.25, -0.2) is 14.3 Å². The zero-order valence-electron chi connectivity index (χ0n) is 14.0. The zero-order valence-corrected chi connectivity index (χ0v) is 15.6. The lowest BCUT2D eigenvalue weighted by Crippen LogP contribution is -2.20. The van der Waals surface area contributed by atoms with Gasteiger partial charge < -0.3 is 15.6 Å². The second-order valence-electron chi connectivity index (χ2n) is 5.84. The van der Waals surface area contributed by atoms with E-state index in [-0.39, 0.29) is 5.75 Å². The first-order valence-corrected chi connectivity index (χ1v) is 8.86. The molecule has 0 unspecified atom stereocenters. The molecule has 0 atom stereocenters. The lowest BCUT2D eigenvalue weighted by molar-refractivity contribution is 0.251. The molecule has 7 heteroatoms. The third-order valence-electron chi connectivity index (χ3n) is 4.05. The average Bonchev–Trinajstić information content (AvgIpc) is 3.05. The topological polar surface area (TPSA) is 90.4 Å². The molecule has 3 N–H and O–H groups in total. The van der Waals surface area contributed by atoms with Crippen LogP contribution in [-0.4, -0.2) is 20.7 Å². The molecule has 1 amide bonds. The smallest absolute Gasteiger partial charge is 0.325 e. The number of carbonyl (C=O) groups is 1. The highest BCUT2D eigenvalue weighted by molar-refractivity contribution is 9.10. The third kappa shape index (κ3) is 3.24. The van der Waals surface area contributed by atoms with Crippen LogP contribution in [0.1, 0.15) is 0 Å². The minimum absolute atomic E-state index is 0.0966. The molecule has 27 heavy (non-hydrogen) atoms. The maximum atomic E-state index is 11.9. The fourth-order valence-corrected chi connectivity index (χ4v) is 3.05. The highest BCUT2D eigenvalue weighted by atomic mass is 79.9. The minimum Gasteiger partial charge on any atom is -0.507 e. The quantitative estimate of drug-likeness (QED) is 0.490. The van der Waals surface area contributed by atoms with Crippen LogP contribution in [0.15, 0.2) is 71.2 Å². The van der Waals surface area contributed by atoms with Gasteiger partial charge in [0.2, 0.25) is 0 Å². The van der Waals surface area contributed by atoms with Gasteiger partial charge in [-0.1, -0.05) is 12.1 Å². The monoisotopic (exact) mass is 423 g/mol. The maximum Gasteiger partial charge on any atom is 0.325 e. The number of rotatable bonds is 3. The molecule has 0 aliphatic rings. The number of benzene rings is 3. The molecular weight excluding hydrogens is 410 g/mol. The molecule has 4 rings (SSSR count). The molecule has 134 valence electrons. The Morgan fingerprint density at radius 1 is 1.04 bits per heavy atom. The van der Waals surface area contributed by atoms with Gasteiger partial charge in [0.05, 0.1) is 15.5 Å². The van der Waals surface area contributed by atoms with Crippen molar-refractivity contribution in [1.82, 2.24) is 9.55 Å². The molecule has 6 nitrogen and oxygen atoms in total. The summed E-state index contributed by atoms with van der Waals surface area (Å²) in [4.78, 5) is 16.5. The van der Waals surface area contributed by atoms with Crippen molar-refractivity contribution in [3.63, 3.8) is 0 Å². The van der Waals surface area contributed by atoms with Gasteiger partial charge in [-0.15, -0.1) is 0 Å². The number of para-hydroxylation sites is 2. The number of fused-ring (bicyclic) bond motifs is 1. The van der Waals surface area contributed by atoms with Crippen molar-refractivity contribution in [2.75, 3.05) is 0 Å². The van der Waals surface area contributed by atoms with Gasteiger partial charge in [-0.3, -0.25) is 0 Å². The highest BCUT2D eigenvalue weighted by Crippen LogP contribution is 2.32. The summed E-state index contributed by atoms with van der Waals surface area (Å²) in [5, 5.41) is 9.74. The normalized spacial score (nSPS) is 10.9. The molecular formula is C20H14BrN3O3. The van der Waals surface area contributed by atoms with E-state index < -0.39 is 6.03 Å². The number of aromatic nitrogens is 2. The van der Waals surface area contributed by atoms with Gasteiger partial charge in [0, 0.05) is 11.6 Å². The van der Waals surface area contributed by atoms with E-state index in [0.29, 0.717) is 32.8 Å². The average molecular weight is 424 g/mol. The Kier molecular flexibility index (Phi) is 4.29. The standard InChI is InChI=1S/C20H14BrN3O3/c21-15-10-9-14(11-18(15)25)27-13-7-5-12(6-8-13)19-23-16-3-1-2-4-17(16)24(19)20(22)26/h1-11,25H,(H2,22,26). The number of carbonyl (C=O) groups excluding carboxylic acids is 1. The number of phenolic OH excluding ortho intramolecular Hbond substituents is 1. The van der Waals surface area contributed by atoms with Crippen LogP contribution < -0.4 is 10.5 Å². The molecule has 0 aliphatic heterocycles. The lowest BCUT2D eigenvalue weighted by Gasteiger charge is -2.08. The highest BCUT2D eigenvalue weighted by Gasteiger charge is 2.16. The van der Waals surface area contributed by atoms with Crippen molar-refractivity contribution in [1.29, 1.82) is 0 Å². The maximum absolute atomic E-state index is 11.9. The molecule has 4 aromatic rings. The predicted octanol–water partition coefficient (Wildman–Crippen LogP) is 4.89. The van der Waals surface area contributed by atoms with Crippen molar-refractivity contribution < 1.29 is 14.6 Å². The molecule has 0 fully saturated rings. The van der Waals surface area contributed by atoms with Crippen LogP contribution in [0, 0.1) is 0 Å². The second kappa shape index (κ2) is 6.77. The Morgan fingerprint density at radius 3 is 2.44 bits per heavy atom. The summed E-state index contributed by atoms with van der Waals surface area (Å²) in [5.74, 6) is 1.66. The summed E-state index contributed by atoms with van der Waals surface area (Å²) in [5.41, 5.74) is 7.63. The van der Waals surface area contributed by atoms with Crippen molar-refractivity contribution >= 4 is 33.0 Å². The molecule has 0 aliphatic carbocycles. The van der Waals surface area contributed by atoms with Crippen LogP contribution in [0.2, 0.25) is 0 Å². The number of phenols is 1. The number of nitrogens with zero attached hydrogens (tertiary/aromatic N) is 2. The predicted molar refractivity (Wildman–Crippen MR) is 106 cm³/mol. The van der Waals surface area contributed by atoms with E-state index in [1.165, 1.54) is 10.6 Å². The van der Waals surface area contributed by atoms with E-state index in [1.54, 1.807) is 42.5 Å². The Morgan fingerprint density at radius 2 is 1.74 bits per heavy atom. The summed E-state index contributed by atoms with van der Waals surface area (Å²) in [6, 6.07) is 18.8. The molecule has 0 spiro atoms. The Balaban J connectivity index is 1.68. The first-order valence-electron chi connectivity index (χ1n) is 8.07. The number of imidazole rings is 1. The number of primary amides is 1. The van der Waals surface area contributed by atoms with Crippen LogP contribution >= 0.6 is 15.9 Å². The van der Waals surface area contributed by atoms with E-state index in [4.69, 9.17) is 10.5 Å². The zero-order chi connectivity index (χ0) is 19.0. The minimum atomic E-state index is -0.593. The summed E-state index contributed by atoms with van der Waals surface area (Å²) >= 11 is 3.23. The van der Waals surface area contributed by atoms with Crippen LogP contribution in [0.25, 0.3) is 22.4 Å². The van der Waals surface area contributed by atoms with Gasteiger partial charge in [-0.2, -0.15) is 0 Å². The molecule has 0 saturated carbocycles. The van der Waals surface area contributed by atoms with Gasteiger partial charge in [0.15, 0.2) is 0 Å². The van der Waals surface area contributed by atoms with Gasteiger partial charge in [0.25, 0.3) is 0 Å². The van der Waals surface area contributed by atoms with Crippen molar-refractivity contribution in [2.24, 2.45) is 5.73 Å². The lowest BCUT2D eigenvalue weighted by atomic mass is 10.2. The molecule has 0 bridgehead atoms. The van der Waals surface area contributed by atoms with Gasteiger partial charge in [0.1, 0.15) is 23.1 Å². The summed E-state index contributed by atoms with van der Waals surface area (Å²) in [6.45, 7) is 0. The Bertz CT molecular complexity index is 1150. The fourth-order valence-electron chi connectivity index (χ4n) is 2.81. The van der Waals surface area contributed by atoms with Crippen LogP contribution in [0.3, 0.4) is 0 Å². The van der Waals surface area contributed by atoms with E-state index in [2.05, 4.69) is 20.9 Å². The number of hydrogen-bond donors (Lipinski definition) is 2. The number of aromatic hydroxyl groups is 1. The van der Waals surface area contributed by atoms with E-state index >= 15 is 0 Å². The van der Waals surface area contributed by atoms with E-state index in [0.717, 1.165) is 5.56 Å². The van der Waals surface area contributed by atoms with Crippen molar-refractivity contribution in [2.45, 2.75) is 0 Å². The number of halogens is 1. The van der Waals surface area contributed by atoms with E-state index in [1.807, 2.05) is 18.2 Å². The molecule has 0 saturated heterocycles. The first-order chi connectivity index (χ1) is 13.0. The third-order valence-corrected chi connectivity index (χ3v) is 4.72. The summed E-state index contributed by atoms with van der Waals surface area (Å²) in [6.07, 6.45) is 0. The van der Waals surface area contributed by atoms with Crippen LogP contribution in [-0.2, 0) is 0 Å². The fraction of sp³-hybridized carbons (Fsp3) is 0. The number of nitrogens with two attached hydrogens (primary N) is 1. The van der Waals surface area contributed by atoms with Crippen LogP contribution in [0.4, 0.5) is 4.79 Å². The molecule has 1 heterocycles. The second-order valence-corrected chi connectivity index (χ2v) is 6.69. The largest absolute Gasteiger partial charge is 0.507 e. The number of hydrogen-bond acceptors (Lipinski definition) is 4. The first kappa shape index (κ1) is 17.1. The van der Waals surface area contributed by atoms with Gasteiger partial charge >= 0.3 is 6.03 Å². The molecule has 1 aromatic heterocycles. The van der Waals surface area contributed by atoms with Crippen LogP contribution in [0.5, 0.6) is 17.2 Å². The van der Waals surface area contributed by atoms with Crippen molar-refractivity contribution in [3.8, 4) is 28.6 Å². The van der Waals surface area contributed by atoms with Crippen molar-refractivity contribution in [3.05, 3.63) is 71.2 Å². The Labute approximate surface area is 163 Å². The molecule has 3 aromatic carbocycles. The van der Waals surface area contributed by atoms with E-state index in [9.17, 15) is 9.90 Å². The number of amides is 1. The Hall–Kier alpha value is -3.32. The SMILES string of the molecule is NC(=O)n1c(-c2ccc(Oc3ccc(Br)c(O)c3)cc2)nc2ccccc21.